The van der Waals surface area contributed by atoms with Crippen LogP contribution in [0.25, 0.3) is 11.0 Å². The Morgan fingerprint density at radius 1 is 1.38 bits per heavy atom. The zero-order chi connectivity index (χ0) is 15.0. The van der Waals surface area contributed by atoms with Crippen molar-refractivity contribution in [2.45, 2.75) is 38.3 Å². The van der Waals surface area contributed by atoms with E-state index in [0.717, 1.165) is 30.3 Å². The Labute approximate surface area is 137 Å². The summed E-state index contributed by atoms with van der Waals surface area (Å²) in [6, 6.07) is 3.98. The Hall–Kier alpha value is -1.04. The lowest BCUT2D eigenvalue weighted by Crippen LogP contribution is -2.25. The van der Waals surface area contributed by atoms with Crippen LogP contribution in [-0.4, -0.2) is 21.5 Å². The van der Waals surface area contributed by atoms with Crippen LogP contribution in [0.4, 0.5) is 0 Å². The van der Waals surface area contributed by atoms with Gasteiger partial charge in [-0.15, -0.1) is 0 Å². The highest BCUT2D eigenvalue weighted by Crippen LogP contribution is 2.27. The Morgan fingerprint density at radius 2 is 2.10 bits per heavy atom. The molecule has 1 fully saturated rings. The lowest BCUT2D eigenvalue weighted by Gasteiger charge is -2.06. The van der Waals surface area contributed by atoms with Gasteiger partial charge in [0.2, 0.25) is 5.91 Å². The summed E-state index contributed by atoms with van der Waals surface area (Å²) in [6.45, 7) is 0.675. The number of H-pyrrole nitrogens is 1. The van der Waals surface area contributed by atoms with Gasteiger partial charge < -0.3 is 14.9 Å². The van der Waals surface area contributed by atoms with Gasteiger partial charge in [0, 0.05) is 19.0 Å². The number of aromatic nitrogens is 2. The van der Waals surface area contributed by atoms with E-state index >= 15 is 0 Å². The number of rotatable bonds is 5. The summed E-state index contributed by atoms with van der Waals surface area (Å²) >= 11 is 17.4. The molecular weight excluding hydrogens is 329 g/mol. The molecule has 0 unspecified atom stereocenters. The summed E-state index contributed by atoms with van der Waals surface area (Å²) < 4.78 is 2.57. The van der Waals surface area contributed by atoms with E-state index in [9.17, 15) is 4.79 Å². The van der Waals surface area contributed by atoms with Crippen LogP contribution >= 0.6 is 35.4 Å². The normalized spacial score (nSPS) is 14.6. The summed E-state index contributed by atoms with van der Waals surface area (Å²) in [7, 11) is 0. The number of aryl methyl sites for hydroxylation is 1. The van der Waals surface area contributed by atoms with E-state index in [2.05, 4.69) is 10.3 Å². The quantitative estimate of drug-likeness (QED) is 0.804. The third-order valence-corrected chi connectivity index (χ3v) is 4.59. The first kappa shape index (κ1) is 14.9. The molecule has 1 amide bonds. The second-order valence-corrected chi connectivity index (χ2v) is 6.51. The van der Waals surface area contributed by atoms with E-state index in [1.54, 1.807) is 12.1 Å². The fourth-order valence-electron chi connectivity index (χ4n) is 2.30. The molecule has 0 aliphatic heterocycles. The molecule has 0 bridgehead atoms. The second-order valence-electron chi connectivity index (χ2n) is 5.31. The van der Waals surface area contributed by atoms with Crippen molar-refractivity contribution in [2.24, 2.45) is 0 Å². The number of fused-ring (bicyclic) bond motifs is 1. The molecule has 0 atom stereocenters. The van der Waals surface area contributed by atoms with Crippen molar-refractivity contribution < 1.29 is 4.79 Å². The molecule has 2 N–H and O–H groups in total. The molecule has 0 radical (unpaired) electrons. The highest BCUT2D eigenvalue weighted by Gasteiger charge is 2.22. The molecule has 1 aliphatic rings. The number of imidazole rings is 1. The highest BCUT2D eigenvalue weighted by molar-refractivity contribution is 7.71. The van der Waals surface area contributed by atoms with Crippen molar-refractivity contribution in [3.63, 3.8) is 0 Å². The molecule has 1 saturated carbocycles. The Balaban J connectivity index is 1.71. The van der Waals surface area contributed by atoms with Crippen molar-refractivity contribution >= 4 is 52.4 Å². The summed E-state index contributed by atoms with van der Waals surface area (Å²) in [5, 5.41) is 3.98. The minimum atomic E-state index is 0.116. The minimum Gasteiger partial charge on any atom is -0.353 e. The first-order valence-electron chi connectivity index (χ1n) is 6.91. The third kappa shape index (κ3) is 3.42. The van der Waals surface area contributed by atoms with E-state index in [1.807, 2.05) is 4.57 Å². The number of aromatic amines is 1. The van der Waals surface area contributed by atoms with Gasteiger partial charge in [-0.3, -0.25) is 4.79 Å². The minimum absolute atomic E-state index is 0.116. The first-order chi connectivity index (χ1) is 10.0. The Kier molecular flexibility index (Phi) is 4.24. The van der Waals surface area contributed by atoms with E-state index in [0.29, 0.717) is 33.8 Å². The number of benzene rings is 1. The van der Waals surface area contributed by atoms with Crippen LogP contribution in [0.2, 0.25) is 10.0 Å². The number of carbonyl (C=O) groups excluding carboxylic acids is 1. The maximum atomic E-state index is 11.7. The zero-order valence-electron chi connectivity index (χ0n) is 11.3. The molecule has 0 spiro atoms. The lowest BCUT2D eigenvalue weighted by atomic mass is 10.2. The number of nitrogens with one attached hydrogen (secondary N) is 2. The van der Waals surface area contributed by atoms with Gasteiger partial charge in [0.15, 0.2) is 4.77 Å². The SMILES string of the molecule is O=C(CCCn1c(=S)[nH]c2cc(Cl)c(Cl)cc21)NC1CC1. The van der Waals surface area contributed by atoms with Crippen LogP contribution in [0.1, 0.15) is 25.7 Å². The maximum absolute atomic E-state index is 11.7. The van der Waals surface area contributed by atoms with E-state index in [4.69, 9.17) is 35.4 Å². The van der Waals surface area contributed by atoms with Crippen molar-refractivity contribution in [1.82, 2.24) is 14.9 Å². The predicted octanol–water partition coefficient (Wildman–Crippen LogP) is 4.06. The standard InChI is InChI=1S/C14H15Cl2N3OS/c15-9-6-11-12(7-10(9)16)19(14(21)18-11)5-1-2-13(20)17-8-3-4-8/h6-8H,1-5H2,(H,17,20)(H,18,21). The molecule has 1 aliphatic carbocycles. The van der Waals surface area contributed by atoms with Crippen LogP contribution in [0.15, 0.2) is 12.1 Å². The molecule has 4 nitrogen and oxygen atoms in total. The molecule has 2 aromatic rings. The topological polar surface area (TPSA) is 49.8 Å². The van der Waals surface area contributed by atoms with Crippen LogP contribution in [0, 0.1) is 4.77 Å². The molecule has 1 aromatic carbocycles. The van der Waals surface area contributed by atoms with Crippen LogP contribution in [-0.2, 0) is 11.3 Å². The van der Waals surface area contributed by atoms with Crippen LogP contribution in [0.3, 0.4) is 0 Å². The number of hydrogen-bond acceptors (Lipinski definition) is 2. The monoisotopic (exact) mass is 343 g/mol. The zero-order valence-corrected chi connectivity index (χ0v) is 13.6. The summed E-state index contributed by atoms with van der Waals surface area (Å²) in [6.07, 6.45) is 3.46. The number of halogens is 2. The number of amides is 1. The smallest absolute Gasteiger partial charge is 0.220 e. The molecule has 112 valence electrons. The highest BCUT2D eigenvalue weighted by atomic mass is 35.5. The Bertz CT molecular complexity index is 748. The van der Waals surface area contributed by atoms with Gasteiger partial charge in [-0.2, -0.15) is 0 Å². The number of hydrogen-bond donors (Lipinski definition) is 2. The molecule has 1 aromatic heterocycles. The number of carbonyl (C=O) groups is 1. The van der Waals surface area contributed by atoms with Gasteiger partial charge >= 0.3 is 0 Å². The molecule has 1 heterocycles. The second kappa shape index (κ2) is 5.99. The summed E-state index contributed by atoms with van der Waals surface area (Å²) in [5.41, 5.74) is 1.77. The van der Waals surface area contributed by atoms with E-state index in [-0.39, 0.29) is 5.91 Å². The predicted molar refractivity (Wildman–Crippen MR) is 87.5 cm³/mol. The fourth-order valence-corrected chi connectivity index (χ4v) is 2.92. The first-order valence-corrected chi connectivity index (χ1v) is 8.08. The lowest BCUT2D eigenvalue weighted by molar-refractivity contribution is -0.121. The average molecular weight is 344 g/mol. The molecule has 21 heavy (non-hydrogen) atoms. The molecular formula is C14H15Cl2N3OS. The summed E-state index contributed by atoms with van der Waals surface area (Å²) in [5.74, 6) is 0.116. The number of nitrogens with zero attached hydrogens (tertiary/aromatic N) is 1. The fraction of sp³-hybridized carbons (Fsp3) is 0.429. The maximum Gasteiger partial charge on any atom is 0.220 e. The van der Waals surface area contributed by atoms with Gasteiger partial charge in [0.05, 0.1) is 21.1 Å². The molecule has 3 rings (SSSR count). The largest absolute Gasteiger partial charge is 0.353 e. The Morgan fingerprint density at radius 3 is 2.81 bits per heavy atom. The van der Waals surface area contributed by atoms with Gasteiger partial charge in [-0.25, -0.2) is 0 Å². The van der Waals surface area contributed by atoms with Crippen molar-refractivity contribution in [2.75, 3.05) is 0 Å². The average Bonchev–Trinajstić information content (AvgIpc) is 3.18. The van der Waals surface area contributed by atoms with Gasteiger partial charge in [-0.05, 0) is 43.6 Å². The third-order valence-electron chi connectivity index (χ3n) is 3.54. The van der Waals surface area contributed by atoms with Crippen molar-refractivity contribution in [1.29, 1.82) is 0 Å². The van der Waals surface area contributed by atoms with Crippen LogP contribution < -0.4 is 5.32 Å². The summed E-state index contributed by atoms with van der Waals surface area (Å²) in [4.78, 5) is 14.8. The van der Waals surface area contributed by atoms with E-state index in [1.165, 1.54) is 0 Å². The van der Waals surface area contributed by atoms with Gasteiger partial charge in [0.1, 0.15) is 0 Å². The van der Waals surface area contributed by atoms with Crippen LogP contribution in [0.5, 0.6) is 0 Å². The van der Waals surface area contributed by atoms with Gasteiger partial charge in [-0.1, -0.05) is 23.2 Å². The van der Waals surface area contributed by atoms with Crippen molar-refractivity contribution in [3.8, 4) is 0 Å². The van der Waals surface area contributed by atoms with Crippen molar-refractivity contribution in [3.05, 3.63) is 26.9 Å². The molecule has 7 heteroatoms. The molecule has 0 saturated heterocycles. The van der Waals surface area contributed by atoms with Gasteiger partial charge in [0.25, 0.3) is 0 Å². The van der Waals surface area contributed by atoms with E-state index < -0.39 is 0 Å².